The molecule has 1 rings (SSSR count). The summed E-state index contributed by atoms with van der Waals surface area (Å²) in [5.74, 6) is 0. The second-order valence-electron chi connectivity index (χ2n) is 2.11. The number of aromatic nitrogens is 1. The summed E-state index contributed by atoms with van der Waals surface area (Å²) in [4.78, 5) is 4.60. The molecule has 1 aromatic rings. The molecule has 0 aliphatic heterocycles. The Balaban J connectivity index is 0.000000583. The maximum atomic E-state index is 11.9. The van der Waals surface area contributed by atoms with Gasteiger partial charge in [0.25, 0.3) is 0 Å². The van der Waals surface area contributed by atoms with Gasteiger partial charge in [-0.15, -0.1) is 0 Å². The van der Waals surface area contributed by atoms with E-state index in [1.54, 1.807) is 6.07 Å². The normalized spacial score (nSPS) is 9.27. The first-order chi connectivity index (χ1) is 6.95. The second kappa shape index (κ2) is 6.02. The predicted octanol–water partition coefficient (Wildman–Crippen LogP) is 1.99. The first kappa shape index (κ1) is 13.4. The fourth-order valence-electron chi connectivity index (χ4n) is 0.628. The van der Waals surface area contributed by atoms with Crippen molar-refractivity contribution in [1.82, 2.24) is 4.98 Å². The Morgan fingerprint density at radius 3 is 2.07 bits per heavy atom. The summed E-state index contributed by atoms with van der Waals surface area (Å²) < 4.78 is 35.7. The first-order valence-corrected chi connectivity index (χ1v) is 3.82. The van der Waals surface area contributed by atoms with Crippen molar-refractivity contribution in [2.75, 3.05) is 0 Å². The number of rotatable bonds is 0. The molecule has 0 saturated carbocycles. The van der Waals surface area contributed by atoms with Gasteiger partial charge in [0.2, 0.25) is 0 Å². The molecule has 0 aromatic carbocycles. The maximum absolute atomic E-state index is 11.9. The van der Waals surface area contributed by atoms with E-state index in [1.165, 1.54) is 4.97 Å². The zero-order chi connectivity index (χ0) is 11.9. The van der Waals surface area contributed by atoms with Crippen LogP contribution in [-0.4, -0.2) is 4.98 Å². The molecule has 0 N–H and O–H groups in total. The monoisotopic (exact) mass is 261 g/mol. The van der Waals surface area contributed by atoms with E-state index >= 15 is 0 Å². The molecule has 0 unspecified atom stereocenters. The average molecular weight is 262 g/mol. The Morgan fingerprint density at radius 2 is 1.80 bits per heavy atom. The molecule has 82 valence electrons. The van der Waals surface area contributed by atoms with E-state index in [0.717, 1.165) is 12.1 Å². The number of halogens is 3. The molecule has 0 spiro atoms. The summed E-state index contributed by atoms with van der Waals surface area (Å²) in [6.07, 6.45) is -3.75. The van der Waals surface area contributed by atoms with Crippen molar-refractivity contribution < 1.29 is 29.2 Å². The summed E-state index contributed by atoms with van der Waals surface area (Å²) in [6, 6.07) is 3.48. The van der Waals surface area contributed by atoms with Gasteiger partial charge in [0, 0.05) is 6.20 Å². The molecule has 0 radical (unpaired) electrons. The second-order valence-corrected chi connectivity index (χ2v) is 2.32. The van der Waals surface area contributed by atoms with Crippen molar-refractivity contribution in [2.24, 2.45) is 0 Å². The van der Waals surface area contributed by atoms with Gasteiger partial charge in [-0.2, -0.15) is 18.4 Å². The third kappa shape index (κ3) is 5.02. The van der Waals surface area contributed by atoms with E-state index in [1.807, 2.05) is 0 Å². The first-order valence-electron chi connectivity index (χ1n) is 3.35. The van der Waals surface area contributed by atoms with Gasteiger partial charge in [-0.1, -0.05) is 0 Å². The van der Waals surface area contributed by atoms with Crippen LogP contribution < -0.4 is 0 Å². The van der Waals surface area contributed by atoms with E-state index in [0.29, 0.717) is 6.20 Å². The molecule has 0 bridgehead atoms. The predicted molar refractivity (Wildman–Crippen MR) is 39.6 cm³/mol. The van der Waals surface area contributed by atoms with Crippen LogP contribution in [-0.2, 0) is 22.2 Å². The van der Waals surface area contributed by atoms with Gasteiger partial charge in [-0.3, -0.25) is 0 Å². The van der Waals surface area contributed by atoms with Crippen molar-refractivity contribution in [3.8, 4) is 11.0 Å². The number of nitriles is 2. The number of nitrogens with zero attached hydrogens (tertiary/aromatic N) is 3. The molecular weight excluding hydrogens is 259 g/mol. The van der Waals surface area contributed by atoms with Gasteiger partial charge in [0.15, 0.2) is 0 Å². The van der Waals surface area contributed by atoms with Crippen molar-refractivity contribution >= 4 is 0 Å². The zero-order valence-corrected chi connectivity index (χ0v) is 7.95. The Hall–Kier alpha value is -1.56. The number of hydrogen-bond donors (Lipinski definition) is 0. The van der Waals surface area contributed by atoms with Crippen LogP contribution in [0, 0.1) is 21.6 Å². The molecule has 1 aromatic heterocycles. The van der Waals surface area contributed by atoms with Crippen LogP contribution in [0.2, 0.25) is 0 Å². The van der Waals surface area contributed by atoms with Gasteiger partial charge >= 0.3 is 32.4 Å². The SMILES string of the molecule is N#Cc1ccc(C(F)(F)F)cn1.N#[C][Cu]. The van der Waals surface area contributed by atoms with Gasteiger partial charge in [0.1, 0.15) is 11.8 Å². The quantitative estimate of drug-likeness (QED) is 0.671. The van der Waals surface area contributed by atoms with Gasteiger partial charge in [-0.05, 0) is 12.1 Å². The Labute approximate surface area is 92.0 Å². The van der Waals surface area contributed by atoms with Crippen molar-refractivity contribution in [2.45, 2.75) is 6.18 Å². The van der Waals surface area contributed by atoms with Gasteiger partial charge < -0.3 is 0 Å². The van der Waals surface area contributed by atoms with Crippen LogP contribution >= 0.6 is 0 Å². The van der Waals surface area contributed by atoms with E-state index in [2.05, 4.69) is 21.0 Å². The van der Waals surface area contributed by atoms with Gasteiger partial charge in [0.05, 0.1) is 5.56 Å². The number of alkyl halides is 3. The van der Waals surface area contributed by atoms with E-state index in [-0.39, 0.29) is 5.69 Å². The summed E-state index contributed by atoms with van der Waals surface area (Å²) in [6.45, 7) is 0. The van der Waals surface area contributed by atoms with Crippen molar-refractivity contribution in [1.29, 1.82) is 10.5 Å². The molecule has 0 amide bonds. The van der Waals surface area contributed by atoms with E-state index in [4.69, 9.17) is 10.5 Å². The van der Waals surface area contributed by atoms with E-state index < -0.39 is 11.7 Å². The third-order valence-corrected chi connectivity index (χ3v) is 1.21. The minimum absolute atomic E-state index is 0.0250. The molecule has 0 saturated heterocycles. The van der Waals surface area contributed by atoms with E-state index in [9.17, 15) is 13.2 Å². The van der Waals surface area contributed by atoms with Crippen LogP contribution in [0.3, 0.4) is 0 Å². The summed E-state index contributed by atoms with van der Waals surface area (Å²) >= 11 is 3.81. The minimum atomic E-state index is -4.39. The van der Waals surface area contributed by atoms with Crippen LogP contribution in [0.5, 0.6) is 0 Å². The number of pyridine rings is 1. The topological polar surface area (TPSA) is 60.5 Å². The zero-order valence-electron chi connectivity index (χ0n) is 7.01. The van der Waals surface area contributed by atoms with Crippen LogP contribution in [0.4, 0.5) is 13.2 Å². The Morgan fingerprint density at radius 1 is 1.27 bits per heavy atom. The number of hydrogen-bond acceptors (Lipinski definition) is 3. The van der Waals surface area contributed by atoms with Crippen molar-refractivity contribution in [3.63, 3.8) is 0 Å². The van der Waals surface area contributed by atoms with Crippen molar-refractivity contribution in [3.05, 3.63) is 29.6 Å². The molecule has 3 nitrogen and oxygen atoms in total. The molecule has 0 fully saturated rings. The fourth-order valence-corrected chi connectivity index (χ4v) is 0.628. The standard InChI is InChI=1S/C7H3F3N2.CN.Cu/c8-7(9,10)5-1-2-6(3-11)12-4-5;1-2;/h1-2,4H;;. The Bertz CT molecular complexity index is 386. The summed E-state index contributed by atoms with van der Waals surface area (Å²) in [7, 11) is 0. The van der Waals surface area contributed by atoms with Crippen LogP contribution in [0.25, 0.3) is 0 Å². The fraction of sp³-hybridized carbons (Fsp3) is 0.125. The summed E-state index contributed by atoms with van der Waals surface area (Å²) in [5.41, 5.74) is -0.871. The molecular formula is C8H3CuF3N3. The third-order valence-electron chi connectivity index (χ3n) is 1.21. The molecule has 1 heterocycles. The Kier molecular flexibility index (Phi) is 5.40. The molecule has 15 heavy (non-hydrogen) atoms. The summed E-state index contributed by atoms with van der Waals surface area (Å²) in [5, 5.41) is 15.4. The molecule has 7 heteroatoms. The molecule has 0 aliphatic carbocycles. The average Bonchev–Trinajstić information content (AvgIpc) is 2.18. The molecule has 0 atom stereocenters. The van der Waals surface area contributed by atoms with Crippen LogP contribution in [0.1, 0.15) is 11.3 Å². The van der Waals surface area contributed by atoms with Crippen LogP contribution in [0.15, 0.2) is 18.3 Å². The molecule has 0 aliphatic rings. The van der Waals surface area contributed by atoms with Gasteiger partial charge in [-0.25, -0.2) is 4.98 Å².